The molecule has 0 bridgehead atoms. The average Bonchev–Trinajstić information content (AvgIpc) is 2.58. The summed E-state index contributed by atoms with van der Waals surface area (Å²) in [6.45, 7) is 9.12. The predicted octanol–water partition coefficient (Wildman–Crippen LogP) is 5.11. The fourth-order valence-electron chi connectivity index (χ4n) is 3.07. The number of para-hydroxylation sites is 2. The lowest BCUT2D eigenvalue weighted by Gasteiger charge is -2.27. The lowest BCUT2D eigenvalue weighted by atomic mass is 10.0. The van der Waals surface area contributed by atoms with Gasteiger partial charge in [0.1, 0.15) is 5.75 Å². The number of aryl methyl sites for hydroxylation is 1. The van der Waals surface area contributed by atoms with Crippen LogP contribution < -0.4 is 9.64 Å². The average molecular weight is 322 g/mol. The first kappa shape index (κ1) is 16.6. The molecule has 0 saturated heterocycles. The van der Waals surface area contributed by atoms with Gasteiger partial charge < -0.3 is 9.64 Å². The SMILES string of the molecule is Cc1ccc(C(C)C)c(OCCCN2CC=Nc3ccccc32)c1. The maximum Gasteiger partial charge on any atom is 0.123 e. The van der Waals surface area contributed by atoms with Crippen LogP contribution in [0.5, 0.6) is 5.75 Å². The molecule has 0 fully saturated rings. The van der Waals surface area contributed by atoms with Crippen LogP contribution in [0.4, 0.5) is 11.4 Å². The topological polar surface area (TPSA) is 24.8 Å². The van der Waals surface area contributed by atoms with Crippen molar-refractivity contribution in [2.24, 2.45) is 4.99 Å². The summed E-state index contributed by atoms with van der Waals surface area (Å²) in [6, 6.07) is 14.8. The minimum atomic E-state index is 0.478. The van der Waals surface area contributed by atoms with Crippen LogP contribution in [0.2, 0.25) is 0 Å². The van der Waals surface area contributed by atoms with Crippen molar-refractivity contribution in [2.75, 3.05) is 24.6 Å². The summed E-state index contributed by atoms with van der Waals surface area (Å²) in [7, 11) is 0. The molecule has 1 aliphatic heterocycles. The summed E-state index contributed by atoms with van der Waals surface area (Å²) < 4.78 is 6.10. The number of hydrogen-bond donors (Lipinski definition) is 0. The molecule has 3 nitrogen and oxygen atoms in total. The van der Waals surface area contributed by atoms with Crippen molar-refractivity contribution in [3.63, 3.8) is 0 Å². The molecule has 1 aliphatic rings. The zero-order chi connectivity index (χ0) is 16.9. The molecule has 3 heteroatoms. The number of rotatable bonds is 6. The Kier molecular flexibility index (Phi) is 5.19. The van der Waals surface area contributed by atoms with Gasteiger partial charge in [-0.25, -0.2) is 0 Å². The molecule has 0 atom stereocenters. The number of hydrogen-bond acceptors (Lipinski definition) is 3. The van der Waals surface area contributed by atoms with Gasteiger partial charge in [0.2, 0.25) is 0 Å². The first-order valence-electron chi connectivity index (χ1n) is 8.75. The molecule has 0 amide bonds. The molecule has 0 radical (unpaired) electrons. The van der Waals surface area contributed by atoms with Crippen LogP contribution in [0.25, 0.3) is 0 Å². The highest BCUT2D eigenvalue weighted by Crippen LogP contribution is 2.30. The van der Waals surface area contributed by atoms with Crippen LogP contribution in [-0.2, 0) is 0 Å². The summed E-state index contributed by atoms with van der Waals surface area (Å²) in [5.74, 6) is 1.51. The number of ether oxygens (including phenoxy) is 1. The van der Waals surface area contributed by atoms with Crippen molar-refractivity contribution in [3.8, 4) is 5.75 Å². The van der Waals surface area contributed by atoms with Gasteiger partial charge in [-0.05, 0) is 48.6 Å². The third-order valence-corrected chi connectivity index (χ3v) is 4.38. The molecular formula is C21H26N2O. The normalized spacial score (nSPS) is 13.2. The fraction of sp³-hybridized carbons (Fsp3) is 0.381. The van der Waals surface area contributed by atoms with Gasteiger partial charge in [-0.3, -0.25) is 4.99 Å². The lowest BCUT2D eigenvalue weighted by molar-refractivity contribution is 0.308. The van der Waals surface area contributed by atoms with Gasteiger partial charge in [-0.2, -0.15) is 0 Å². The second kappa shape index (κ2) is 7.52. The molecule has 2 aromatic rings. The monoisotopic (exact) mass is 322 g/mol. The van der Waals surface area contributed by atoms with Crippen LogP contribution >= 0.6 is 0 Å². The van der Waals surface area contributed by atoms with E-state index in [2.05, 4.69) is 67.1 Å². The van der Waals surface area contributed by atoms with E-state index in [4.69, 9.17) is 4.74 Å². The van der Waals surface area contributed by atoms with Crippen LogP contribution in [-0.4, -0.2) is 25.9 Å². The molecule has 3 rings (SSSR count). The van der Waals surface area contributed by atoms with Crippen LogP contribution in [0.15, 0.2) is 47.5 Å². The van der Waals surface area contributed by atoms with Gasteiger partial charge in [-0.1, -0.05) is 38.1 Å². The molecule has 24 heavy (non-hydrogen) atoms. The Morgan fingerprint density at radius 1 is 1.17 bits per heavy atom. The summed E-state index contributed by atoms with van der Waals surface area (Å²) in [6.07, 6.45) is 2.98. The molecule has 2 aromatic carbocycles. The van der Waals surface area contributed by atoms with E-state index in [1.54, 1.807) is 0 Å². The highest BCUT2D eigenvalue weighted by Gasteiger charge is 2.13. The van der Waals surface area contributed by atoms with E-state index in [1.807, 2.05) is 12.3 Å². The number of nitrogens with zero attached hydrogens (tertiary/aromatic N) is 2. The molecule has 0 saturated carbocycles. The summed E-state index contributed by atoms with van der Waals surface area (Å²) in [5, 5.41) is 0. The van der Waals surface area contributed by atoms with Gasteiger partial charge in [0, 0.05) is 12.8 Å². The Morgan fingerprint density at radius 3 is 2.83 bits per heavy atom. The second-order valence-electron chi connectivity index (χ2n) is 6.64. The highest BCUT2D eigenvalue weighted by molar-refractivity contribution is 5.81. The van der Waals surface area contributed by atoms with E-state index in [9.17, 15) is 0 Å². The van der Waals surface area contributed by atoms with Crippen LogP contribution in [0, 0.1) is 6.92 Å². The molecule has 0 N–H and O–H groups in total. The number of fused-ring (bicyclic) bond motifs is 1. The summed E-state index contributed by atoms with van der Waals surface area (Å²) >= 11 is 0. The Labute approximate surface area is 145 Å². The molecule has 126 valence electrons. The third kappa shape index (κ3) is 3.78. The van der Waals surface area contributed by atoms with Crippen molar-refractivity contribution >= 4 is 17.6 Å². The summed E-state index contributed by atoms with van der Waals surface area (Å²) in [5.41, 5.74) is 4.82. The number of anilines is 1. The van der Waals surface area contributed by atoms with E-state index >= 15 is 0 Å². The van der Waals surface area contributed by atoms with Crippen LogP contribution in [0.1, 0.15) is 37.3 Å². The van der Waals surface area contributed by atoms with E-state index < -0.39 is 0 Å². The Bertz CT molecular complexity index is 722. The minimum absolute atomic E-state index is 0.478. The molecule has 0 unspecified atom stereocenters. The van der Waals surface area contributed by atoms with Gasteiger partial charge in [0.05, 0.1) is 24.5 Å². The standard InChI is InChI=1S/C21H26N2O/c1-16(2)18-10-9-17(3)15-21(18)24-14-6-12-23-13-11-22-19-7-4-5-8-20(19)23/h4-5,7-11,15-16H,6,12-14H2,1-3H3. The zero-order valence-corrected chi connectivity index (χ0v) is 14.8. The highest BCUT2D eigenvalue weighted by atomic mass is 16.5. The maximum atomic E-state index is 6.10. The van der Waals surface area contributed by atoms with Crippen molar-refractivity contribution < 1.29 is 4.74 Å². The van der Waals surface area contributed by atoms with Crippen molar-refractivity contribution in [1.82, 2.24) is 0 Å². The van der Waals surface area contributed by atoms with Crippen LogP contribution in [0.3, 0.4) is 0 Å². The lowest BCUT2D eigenvalue weighted by Crippen LogP contribution is -2.29. The maximum absolute atomic E-state index is 6.10. The quantitative estimate of drug-likeness (QED) is 0.690. The molecular weight excluding hydrogens is 296 g/mol. The number of aliphatic imine (C=N–C) groups is 1. The van der Waals surface area contributed by atoms with E-state index in [0.29, 0.717) is 5.92 Å². The van der Waals surface area contributed by atoms with E-state index in [-0.39, 0.29) is 0 Å². The predicted molar refractivity (Wildman–Crippen MR) is 102 cm³/mol. The molecule has 0 aromatic heterocycles. The van der Waals surface area contributed by atoms with E-state index in [0.717, 1.165) is 37.6 Å². The first-order valence-corrected chi connectivity index (χ1v) is 8.75. The van der Waals surface area contributed by atoms with Crippen molar-refractivity contribution in [2.45, 2.75) is 33.1 Å². The van der Waals surface area contributed by atoms with Crippen molar-refractivity contribution in [3.05, 3.63) is 53.6 Å². The third-order valence-electron chi connectivity index (χ3n) is 4.38. The summed E-state index contributed by atoms with van der Waals surface area (Å²) in [4.78, 5) is 6.83. The number of benzene rings is 2. The smallest absolute Gasteiger partial charge is 0.123 e. The van der Waals surface area contributed by atoms with E-state index in [1.165, 1.54) is 16.8 Å². The largest absolute Gasteiger partial charge is 0.493 e. The van der Waals surface area contributed by atoms with Crippen molar-refractivity contribution in [1.29, 1.82) is 0 Å². The van der Waals surface area contributed by atoms with Gasteiger partial charge in [-0.15, -0.1) is 0 Å². The first-order chi connectivity index (χ1) is 11.6. The minimum Gasteiger partial charge on any atom is -0.493 e. The zero-order valence-electron chi connectivity index (χ0n) is 14.8. The molecule has 1 heterocycles. The van der Waals surface area contributed by atoms with Gasteiger partial charge in [0.25, 0.3) is 0 Å². The Balaban J connectivity index is 1.57. The molecule has 0 spiro atoms. The van der Waals surface area contributed by atoms with Gasteiger partial charge in [0.15, 0.2) is 0 Å². The fourth-order valence-corrected chi connectivity index (χ4v) is 3.07. The Morgan fingerprint density at radius 2 is 2.00 bits per heavy atom. The Hall–Kier alpha value is -2.29. The van der Waals surface area contributed by atoms with Gasteiger partial charge >= 0.3 is 0 Å². The molecule has 0 aliphatic carbocycles. The second-order valence-corrected chi connectivity index (χ2v) is 6.64.